The maximum Gasteiger partial charge on any atom is 0.0331 e. The summed E-state index contributed by atoms with van der Waals surface area (Å²) in [6.07, 6.45) is 10.9. The average Bonchev–Trinajstić information content (AvgIpc) is 3.05. The number of rotatable bonds is 8. The number of nitrogens with two attached hydrogens (primary N) is 1. The zero-order chi connectivity index (χ0) is 15.1. The molecule has 3 heteroatoms. The molecular weight excluding hydrogens is 258 g/mol. The molecule has 1 aliphatic heterocycles. The van der Waals surface area contributed by atoms with E-state index < -0.39 is 0 Å². The first-order valence-electron chi connectivity index (χ1n) is 9.41. The molecule has 1 saturated carbocycles. The van der Waals surface area contributed by atoms with Gasteiger partial charge in [-0.15, -0.1) is 0 Å². The lowest BCUT2D eigenvalue weighted by Crippen LogP contribution is -2.56. The molecule has 2 aliphatic rings. The number of nitrogens with zero attached hydrogens (tertiary/aromatic N) is 2. The minimum absolute atomic E-state index is 0.311. The summed E-state index contributed by atoms with van der Waals surface area (Å²) in [5.41, 5.74) is 6.55. The molecule has 2 rings (SSSR count). The van der Waals surface area contributed by atoms with Gasteiger partial charge in [-0.25, -0.2) is 0 Å². The van der Waals surface area contributed by atoms with Crippen LogP contribution in [0.4, 0.5) is 0 Å². The Morgan fingerprint density at radius 3 is 2.33 bits per heavy atom. The smallest absolute Gasteiger partial charge is 0.0331 e. The van der Waals surface area contributed by atoms with Crippen LogP contribution in [-0.4, -0.2) is 54.6 Å². The van der Waals surface area contributed by atoms with Crippen LogP contribution in [0.15, 0.2) is 0 Å². The lowest BCUT2D eigenvalue weighted by Gasteiger charge is -2.47. The minimum Gasteiger partial charge on any atom is -0.329 e. The van der Waals surface area contributed by atoms with Crippen LogP contribution in [0.5, 0.6) is 0 Å². The molecule has 0 aromatic carbocycles. The van der Waals surface area contributed by atoms with Crippen LogP contribution >= 0.6 is 0 Å². The predicted molar refractivity (Wildman–Crippen MR) is 91.6 cm³/mol. The van der Waals surface area contributed by atoms with Crippen molar-refractivity contribution in [3.63, 3.8) is 0 Å². The van der Waals surface area contributed by atoms with Crippen molar-refractivity contribution in [1.82, 2.24) is 9.80 Å². The van der Waals surface area contributed by atoms with Gasteiger partial charge in [0.05, 0.1) is 0 Å². The second kappa shape index (κ2) is 8.50. The number of likely N-dealkylation sites (N-methyl/N-ethyl adjacent to an activating group) is 1. The van der Waals surface area contributed by atoms with E-state index in [-0.39, 0.29) is 0 Å². The molecule has 3 nitrogen and oxygen atoms in total. The molecular formula is C18H37N3. The summed E-state index contributed by atoms with van der Waals surface area (Å²) in [6, 6.07) is 0. The third kappa shape index (κ3) is 4.43. The number of hydrogen-bond donors (Lipinski definition) is 1. The Morgan fingerprint density at radius 1 is 1.14 bits per heavy atom. The van der Waals surface area contributed by atoms with Gasteiger partial charge >= 0.3 is 0 Å². The molecule has 2 N–H and O–H groups in total. The van der Waals surface area contributed by atoms with E-state index in [1.165, 1.54) is 77.5 Å². The third-order valence-electron chi connectivity index (χ3n) is 6.15. The van der Waals surface area contributed by atoms with Crippen molar-refractivity contribution >= 4 is 0 Å². The summed E-state index contributed by atoms with van der Waals surface area (Å²) in [4.78, 5) is 5.35. The van der Waals surface area contributed by atoms with Crippen molar-refractivity contribution < 1.29 is 0 Å². The van der Waals surface area contributed by atoms with Crippen molar-refractivity contribution in [2.45, 2.75) is 70.8 Å². The van der Waals surface area contributed by atoms with E-state index in [0.29, 0.717) is 5.54 Å². The van der Waals surface area contributed by atoms with Gasteiger partial charge in [0.15, 0.2) is 0 Å². The Kier molecular flexibility index (Phi) is 6.97. The molecule has 0 radical (unpaired) electrons. The minimum atomic E-state index is 0.311. The normalized spacial score (nSPS) is 31.1. The fourth-order valence-corrected chi connectivity index (χ4v) is 4.49. The van der Waals surface area contributed by atoms with Gasteiger partial charge in [0.1, 0.15) is 0 Å². The molecule has 0 bridgehead atoms. The van der Waals surface area contributed by atoms with Crippen LogP contribution in [0.2, 0.25) is 0 Å². The molecule has 0 aromatic rings. The van der Waals surface area contributed by atoms with E-state index >= 15 is 0 Å². The molecule has 0 atom stereocenters. The molecule has 1 heterocycles. The SMILES string of the molecule is CCC1CCC(CN)(N(CC)CCCN2CCCC2)CC1. The highest BCUT2D eigenvalue weighted by molar-refractivity contribution is 4.95. The predicted octanol–water partition coefficient (Wildman–Crippen LogP) is 3.09. The lowest BCUT2D eigenvalue weighted by atomic mass is 9.74. The van der Waals surface area contributed by atoms with E-state index in [4.69, 9.17) is 5.73 Å². The quantitative estimate of drug-likeness (QED) is 0.747. The molecule has 124 valence electrons. The van der Waals surface area contributed by atoms with Gasteiger partial charge < -0.3 is 10.6 Å². The summed E-state index contributed by atoms with van der Waals surface area (Å²) in [5.74, 6) is 0.952. The standard InChI is InChI=1S/C18H37N3/c1-3-17-8-10-18(16-19,11-9-17)21(4-2)15-7-14-20-12-5-6-13-20/h17H,3-16,19H2,1-2H3. The van der Waals surface area contributed by atoms with Crippen LogP contribution in [0.25, 0.3) is 0 Å². The van der Waals surface area contributed by atoms with Crippen LogP contribution in [0, 0.1) is 5.92 Å². The maximum absolute atomic E-state index is 6.24. The highest BCUT2D eigenvalue weighted by atomic mass is 15.2. The summed E-state index contributed by atoms with van der Waals surface area (Å²) in [7, 11) is 0. The van der Waals surface area contributed by atoms with Crippen molar-refractivity contribution in [2.24, 2.45) is 11.7 Å². The Labute approximate surface area is 132 Å². The summed E-state index contributed by atoms with van der Waals surface area (Å²) < 4.78 is 0. The van der Waals surface area contributed by atoms with Crippen molar-refractivity contribution in [3.05, 3.63) is 0 Å². The van der Waals surface area contributed by atoms with Gasteiger partial charge in [-0.05, 0) is 83.6 Å². The molecule has 0 unspecified atom stereocenters. The fraction of sp³-hybridized carbons (Fsp3) is 1.00. The first kappa shape index (κ1) is 17.2. The number of hydrogen-bond acceptors (Lipinski definition) is 3. The van der Waals surface area contributed by atoms with Crippen molar-refractivity contribution in [1.29, 1.82) is 0 Å². The topological polar surface area (TPSA) is 32.5 Å². The molecule has 2 fully saturated rings. The Balaban J connectivity index is 1.82. The maximum atomic E-state index is 6.24. The van der Waals surface area contributed by atoms with E-state index in [9.17, 15) is 0 Å². The Morgan fingerprint density at radius 2 is 1.81 bits per heavy atom. The number of likely N-dealkylation sites (tertiary alicyclic amines) is 1. The molecule has 0 aromatic heterocycles. The molecule has 0 amide bonds. The highest BCUT2D eigenvalue weighted by Crippen LogP contribution is 2.37. The van der Waals surface area contributed by atoms with E-state index in [1.54, 1.807) is 0 Å². The van der Waals surface area contributed by atoms with E-state index in [0.717, 1.165) is 19.0 Å². The van der Waals surface area contributed by atoms with E-state index in [1.807, 2.05) is 0 Å². The molecule has 1 saturated heterocycles. The van der Waals surface area contributed by atoms with Gasteiger partial charge in [-0.3, -0.25) is 4.90 Å². The first-order chi connectivity index (χ1) is 10.2. The molecule has 21 heavy (non-hydrogen) atoms. The van der Waals surface area contributed by atoms with Crippen molar-refractivity contribution in [2.75, 3.05) is 39.3 Å². The Bertz CT molecular complexity index is 278. The first-order valence-corrected chi connectivity index (χ1v) is 9.41. The highest BCUT2D eigenvalue weighted by Gasteiger charge is 2.37. The van der Waals surface area contributed by atoms with Crippen LogP contribution in [0.1, 0.15) is 65.2 Å². The largest absolute Gasteiger partial charge is 0.329 e. The molecule has 0 spiro atoms. The lowest BCUT2D eigenvalue weighted by molar-refractivity contribution is 0.0430. The van der Waals surface area contributed by atoms with E-state index in [2.05, 4.69) is 23.6 Å². The van der Waals surface area contributed by atoms with Crippen LogP contribution < -0.4 is 5.73 Å². The molecule has 1 aliphatic carbocycles. The monoisotopic (exact) mass is 295 g/mol. The van der Waals surface area contributed by atoms with Crippen molar-refractivity contribution in [3.8, 4) is 0 Å². The average molecular weight is 296 g/mol. The fourth-order valence-electron chi connectivity index (χ4n) is 4.49. The van der Waals surface area contributed by atoms with Crippen LogP contribution in [-0.2, 0) is 0 Å². The van der Waals surface area contributed by atoms with Gasteiger partial charge in [0, 0.05) is 12.1 Å². The zero-order valence-corrected chi connectivity index (χ0v) is 14.4. The summed E-state index contributed by atoms with van der Waals surface area (Å²) in [6.45, 7) is 11.8. The van der Waals surface area contributed by atoms with Gasteiger partial charge in [-0.1, -0.05) is 20.3 Å². The second-order valence-electron chi connectivity index (χ2n) is 7.26. The summed E-state index contributed by atoms with van der Waals surface area (Å²) in [5, 5.41) is 0. The van der Waals surface area contributed by atoms with Crippen LogP contribution in [0.3, 0.4) is 0 Å². The second-order valence-corrected chi connectivity index (χ2v) is 7.26. The zero-order valence-electron chi connectivity index (χ0n) is 14.4. The third-order valence-corrected chi connectivity index (χ3v) is 6.15. The van der Waals surface area contributed by atoms with Gasteiger partial charge in [-0.2, -0.15) is 0 Å². The van der Waals surface area contributed by atoms with Gasteiger partial charge in [0.25, 0.3) is 0 Å². The van der Waals surface area contributed by atoms with Gasteiger partial charge in [0.2, 0.25) is 0 Å². The summed E-state index contributed by atoms with van der Waals surface area (Å²) >= 11 is 0. The Hall–Kier alpha value is -0.120.